The van der Waals surface area contributed by atoms with Crippen LogP contribution in [0, 0.1) is 0 Å². The molecule has 1 saturated heterocycles. The molecule has 0 atom stereocenters. The molecule has 2 N–H and O–H groups in total. The van der Waals surface area contributed by atoms with Crippen LogP contribution in [0.1, 0.15) is 28.9 Å². The Hall–Kier alpha value is -3.32. The number of nitrogens with zero attached hydrogens (tertiary/aromatic N) is 1. The van der Waals surface area contributed by atoms with Gasteiger partial charge < -0.3 is 19.5 Å². The zero-order valence-electron chi connectivity index (χ0n) is 17.8. The smallest absolute Gasteiger partial charge is 0.269 e. The molecule has 3 aromatic rings. The summed E-state index contributed by atoms with van der Waals surface area (Å²) in [6.45, 7) is 1.87. The third-order valence-electron chi connectivity index (χ3n) is 5.95. The summed E-state index contributed by atoms with van der Waals surface area (Å²) in [5, 5.41) is 10.2. The van der Waals surface area contributed by atoms with Gasteiger partial charge in [-0.25, -0.2) is 0 Å². The van der Waals surface area contributed by atoms with Crippen LogP contribution in [0.5, 0.6) is 11.5 Å². The van der Waals surface area contributed by atoms with Crippen molar-refractivity contribution in [2.45, 2.75) is 18.3 Å². The van der Waals surface area contributed by atoms with E-state index < -0.39 is 0 Å². The second-order valence-corrected chi connectivity index (χ2v) is 7.70. The summed E-state index contributed by atoms with van der Waals surface area (Å²) in [5.74, 6) is 1.42. The van der Waals surface area contributed by atoms with Gasteiger partial charge in [-0.2, -0.15) is 5.10 Å². The van der Waals surface area contributed by atoms with E-state index in [-0.39, 0.29) is 11.3 Å². The summed E-state index contributed by atoms with van der Waals surface area (Å²) < 4.78 is 16.1. The number of H-pyrrole nitrogens is 1. The molecule has 0 unspecified atom stereocenters. The lowest BCUT2D eigenvalue weighted by Crippen LogP contribution is -2.44. The molecule has 0 aliphatic carbocycles. The van der Waals surface area contributed by atoms with Crippen molar-refractivity contribution in [2.75, 3.05) is 34.0 Å². The van der Waals surface area contributed by atoms with Crippen molar-refractivity contribution in [1.82, 2.24) is 15.5 Å². The highest BCUT2D eigenvalue weighted by atomic mass is 16.5. The first kappa shape index (κ1) is 20.9. The van der Waals surface area contributed by atoms with Crippen molar-refractivity contribution in [2.24, 2.45) is 0 Å². The highest BCUT2D eigenvalue weighted by Crippen LogP contribution is 2.35. The maximum Gasteiger partial charge on any atom is 0.269 e. The van der Waals surface area contributed by atoms with Crippen LogP contribution in [-0.4, -0.2) is 50.1 Å². The van der Waals surface area contributed by atoms with Crippen LogP contribution in [0.3, 0.4) is 0 Å². The summed E-state index contributed by atoms with van der Waals surface area (Å²) in [6.07, 6.45) is 1.69. The Morgan fingerprint density at radius 1 is 1.03 bits per heavy atom. The molecule has 1 aliphatic rings. The van der Waals surface area contributed by atoms with Crippen molar-refractivity contribution >= 4 is 5.91 Å². The minimum absolute atomic E-state index is 0.168. The van der Waals surface area contributed by atoms with Crippen LogP contribution in [0.4, 0.5) is 0 Å². The summed E-state index contributed by atoms with van der Waals surface area (Å²) >= 11 is 0. The zero-order valence-corrected chi connectivity index (χ0v) is 17.8. The summed E-state index contributed by atoms with van der Waals surface area (Å²) in [4.78, 5) is 12.9. The molecular weight excluding hydrogens is 394 g/mol. The van der Waals surface area contributed by atoms with Crippen LogP contribution in [0.15, 0.2) is 54.6 Å². The Kier molecular flexibility index (Phi) is 6.23. The number of benzene rings is 2. The van der Waals surface area contributed by atoms with Crippen LogP contribution in [-0.2, 0) is 10.2 Å². The number of carbonyl (C=O) groups is 1. The van der Waals surface area contributed by atoms with Gasteiger partial charge >= 0.3 is 0 Å². The number of methoxy groups -OCH3 is 2. The average molecular weight is 421 g/mol. The minimum atomic E-state index is -0.174. The number of nitrogens with one attached hydrogen (secondary N) is 2. The SMILES string of the molecule is COc1ccc(-c2cc(C(=O)NCC3(c4ccc(OC)cc4)CCOCC3)[nH]n2)cc1. The third-order valence-corrected chi connectivity index (χ3v) is 5.95. The molecule has 1 aliphatic heterocycles. The first-order valence-corrected chi connectivity index (χ1v) is 10.3. The van der Waals surface area contributed by atoms with E-state index in [9.17, 15) is 4.79 Å². The van der Waals surface area contributed by atoms with E-state index in [4.69, 9.17) is 14.2 Å². The van der Waals surface area contributed by atoms with Gasteiger partial charge in [-0.1, -0.05) is 12.1 Å². The summed E-state index contributed by atoms with van der Waals surface area (Å²) in [7, 11) is 3.28. The fourth-order valence-electron chi connectivity index (χ4n) is 3.97. The molecule has 1 fully saturated rings. The molecule has 7 heteroatoms. The van der Waals surface area contributed by atoms with Crippen LogP contribution in [0.2, 0.25) is 0 Å². The molecule has 0 radical (unpaired) electrons. The lowest BCUT2D eigenvalue weighted by molar-refractivity contribution is 0.0486. The van der Waals surface area contributed by atoms with Crippen molar-refractivity contribution < 1.29 is 19.0 Å². The van der Waals surface area contributed by atoms with Gasteiger partial charge in [-0.3, -0.25) is 9.89 Å². The van der Waals surface area contributed by atoms with Gasteiger partial charge in [0.05, 0.1) is 19.9 Å². The largest absolute Gasteiger partial charge is 0.497 e. The second kappa shape index (κ2) is 9.22. The first-order chi connectivity index (χ1) is 15.1. The quantitative estimate of drug-likeness (QED) is 0.609. The fourth-order valence-corrected chi connectivity index (χ4v) is 3.97. The Bertz CT molecular complexity index is 1010. The number of aromatic amines is 1. The normalized spacial score (nSPS) is 15.3. The van der Waals surface area contributed by atoms with E-state index in [0.29, 0.717) is 31.1 Å². The van der Waals surface area contributed by atoms with E-state index in [0.717, 1.165) is 29.9 Å². The number of amides is 1. The second-order valence-electron chi connectivity index (χ2n) is 7.70. The molecule has 4 rings (SSSR count). The summed E-state index contributed by atoms with van der Waals surface area (Å²) in [5.41, 5.74) is 3.07. The standard InChI is InChI=1S/C24H27N3O4/c1-29-19-7-3-17(4-8-19)21-15-22(27-26-21)23(28)25-16-24(11-13-31-14-12-24)18-5-9-20(30-2)10-6-18/h3-10,15H,11-14,16H2,1-2H3,(H,25,28)(H,26,27). The molecule has 2 aromatic carbocycles. The topological polar surface area (TPSA) is 85.5 Å². The highest BCUT2D eigenvalue weighted by molar-refractivity contribution is 5.93. The van der Waals surface area contributed by atoms with Gasteiger partial charge in [-0.15, -0.1) is 0 Å². The summed E-state index contributed by atoms with van der Waals surface area (Å²) in [6, 6.07) is 17.4. The molecule has 0 saturated carbocycles. The van der Waals surface area contributed by atoms with Crippen LogP contribution >= 0.6 is 0 Å². The fraction of sp³-hybridized carbons (Fsp3) is 0.333. The monoisotopic (exact) mass is 421 g/mol. The van der Waals surface area contributed by atoms with E-state index in [1.165, 1.54) is 5.56 Å². The maximum atomic E-state index is 12.9. The lowest BCUT2D eigenvalue weighted by Gasteiger charge is -2.38. The number of hydrogen-bond acceptors (Lipinski definition) is 5. The van der Waals surface area contributed by atoms with E-state index in [1.54, 1.807) is 20.3 Å². The van der Waals surface area contributed by atoms with Gasteiger partial charge in [0.15, 0.2) is 0 Å². The lowest BCUT2D eigenvalue weighted by atomic mass is 9.74. The van der Waals surface area contributed by atoms with Gasteiger partial charge in [0.1, 0.15) is 17.2 Å². The average Bonchev–Trinajstić information content (AvgIpc) is 3.34. The molecule has 1 aromatic heterocycles. The van der Waals surface area contributed by atoms with Crippen molar-refractivity contribution in [3.8, 4) is 22.8 Å². The number of hydrogen-bond donors (Lipinski definition) is 2. The minimum Gasteiger partial charge on any atom is -0.497 e. The van der Waals surface area contributed by atoms with Crippen molar-refractivity contribution in [3.63, 3.8) is 0 Å². The van der Waals surface area contributed by atoms with Gasteiger partial charge in [-0.05, 0) is 60.9 Å². The Morgan fingerprint density at radius 3 is 2.26 bits per heavy atom. The molecule has 7 nitrogen and oxygen atoms in total. The molecule has 0 spiro atoms. The molecule has 162 valence electrons. The van der Waals surface area contributed by atoms with Gasteiger partial charge in [0.25, 0.3) is 5.91 Å². The molecular formula is C24H27N3O4. The van der Waals surface area contributed by atoms with Crippen LogP contribution < -0.4 is 14.8 Å². The number of carbonyl (C=O) groups excluding carboxylic acids is 1. The molecule has 1 amide bonds. The van der Waals surface area contributed by atoms with E-state index in [1.807, 2.05) is 36.4 Å². The number of ether oxygens (including phenoxy) is 3. The third kappa shape index (κ3) is 4.56. The number of aromatic nitrogens is 2. The van der Waals surface area contributed by atoms with Gasteiger partial charge in [0, 0.05) is 30.7 Å². The number of rotatable bonds is 7. The van der Waals surface area contributed by atoms with E-state index >= 15 is 0 Å². The molecule has 0 bridgehead atoms. The van der Waals surface area contributed by atoms with Gasteiger partial charge in [0.2, 0.25) is 0 Å². The molecule has 2 heterocycles. The zero-order chi connectivity index (χ0) is 21.7. The Labute approximate surface area is 181 Å². The van der Waals surface area contributed by atoms with Crippen molar-refractivity contribution in [1.29, 1.82) is 0 Å². The predicted molar refractivity (Wildman–Crippen MR) is 118 cm³/mol. The van der Waals surface area contributed by atoms with Crippen molar-refractivity contribution in [3.05, 3.63) is 65.9 Å². The van der Waals surface area contributed by atoms with E-state index in [2.05, 4.69) is 27.6 Å². The maximum absolute atomic E-state index is 12.9. The Balaban J connectivity index is 1.47. The Morgan fingerprint density at radius 2 is 1.65 bits per heavy atom. The van der Waals surface area contributed by atoms with Crippen LogP contribution in [0.25, 0.3) is 11.3 Å². The molecule has 31 heavy (non-hydrogen) atoms. The highest BCUT2D eigenvalue weighted by Gasteiger charge is 2.35. The first-order valence-electron chi connectivity index (χ1n) is 10.3. The predicted octanol–water partition coefficient (Wildman–Crippen LogP) is 3.57.